The topological polar surface area (TPSA) is 0 Å². The fourth-order valence-corrected chi connectivity index (χ4v) is 2.04. The number of hydrogen-bond donors (Lipinski definition) is 0. The second-order valence-corrected chi connectivity index (χ2v) is 5.40. The lowest BCUT2D eigenvalue weighted by molar-refractivity contribution is 0.142. The lowest BCUT2D eigenvalue weighted by atomic mass is 9.90. The molecule has 0 saturated heterocycles. The van der Waals surface area contributed by atoms with Gasteiger partial charge >= 0.3 is 0 Å². The average molecular weight is 261 g/mol. The minimum atomic E-state index is -2.53. The number of rotatable bonds is 4. The van der Waals surface area contributed by atoms with Gasteiger partial charge in [-0.25, -0.2) is 8.78 Å². The fraction of sp³-hybridized carbons (Fsp3) is 0.571. The molecule has 1 atom stereocenters. The Hall–Kier alpha value is -0.630. The molecule has 1 unspecified atom stereocenters. The van der Waals surface area contributed by atoms with Crippen molar-refractivity contribution in [2.75, 3.05) is 0 Å². The molecule has 0 aromatic heterocycles. The van der Waals surface area contributed by atoms with Crippen LogP contribution in [0.15, 0.2) is 18.2 Å². The van der Waals surface area contributed by atoms with Crippen LogP contribution in [-0.4, -0.2) is 6.43 Å². The molecule has 3 heteroatoms. The number of hydrogen-bond acceptors (Lipinski definition) is 0. The van der Waals surface area contributed by atoms with Gasteiger partial charge in [0.15, 0.2) is 0 Å². The Morgan fingerprint density at radius 2 is 1.53 bits per heavy atom. The molecule has 0 N–H and O–H groups in total. The highest BCUT2D eigenvalue weighted by atomic mass is 35.5. The van der Waals surface area contributed by atoms with E-state index in [0.717, 1.165) is 11.1 Å². The van der Waals surface area contributed by atoms with E-state index in [1.807, 2.05) is 26.0 Å². The molecule has 0 aliphatic carbocycles. The molecule has 0 aliphatic rings. The van der Waals surface area contributed by atoms with Gasteiger partial charge in [-0.05, 0) is 28.5 Å². The van der Waals surface area contributed by atoms with Gasteiger partial charge in [-0.2, -0.15) is 0 Å². The van der Waals surface area contributed by atoms with E-state index in [9.17, 15) is 8.78 Å². The Bertz CT molecular complexity index is 372. The number of halogens is 3. The molecule has 0 spiro atoms. The van der Waals surface area contributed by atoms with Crippen molar-refractivity contribution in [1.82, 2.24) is 0 Å². The molecule has 0 nitrogen and oxygen atoms in total. The lowest BCUT2D eigenvalue weighted by Crippen LogP contribution is -2.07. The molecule has 96 valence electrons. The first-order valence-corrected chi connectivity index (χ1v) is 6.34. The van der Waals surface area contributed by atoms with Crippen LogP contribution in [0.2, 0.25) is 0 Å². The molecule has 0 radical (unpaired) electrons. The van der Waals surface area contributed by atoms with Gasteiger partial charge in [-0.1, -0.05) is 45.9 Å². The maximum Gasteiger partial charge on any atom is 0.258 e. The standard InChI is InChI=1S/C14H19ClF2/c1-8(2)10-5-6-11(13(15)14(16)17)12(7-10)9(3)4/h5-9,13-14H,1-4H3. The van der Waals surface area contributed by atoms with E-state index < -0.39 is 11.8 Å². The molecule has 1 rings (SSSR count). The molecular weight excluding hydrogens is 242 g/mol. The second-order valence-electron chi connectivity index (χ2n) is 4.93. The summed E-state index contributed by atoms with van der Waals surface area (Å²) < 4.78 is 25.4. The molecule has 1 aromatic rings. The monoisotopic (exact) mass is 260 g/mol. The molecule has 0 fully saturated rings. The summed E-state index contributed by atoms with van der Waals surface area (Å²) in [5, 5.41) is -1.21. The summed E-state index contributed by atoms with van der Waals surface area (Å²) in [5.74, 6) is 0.588. The largest absolute Gasteiger partial charge is 0.258 e. The van der Waals surface area contributed by atoms with Crippen molar-refractivity contribution in [3.05, 3.63) is 34.9 Å². The highest BCUT2D eigenvalue weighted by Gasteiger charge is 2.23. The summed E-state index contributed by atoms with van der Waals surface area (Å²) in [6, 6.07) is 5.64. The van der Waals surface area contributed by atoms with Gasteiger partial charge in [0.25, 0.3) is 6.43 Å². The van der Waals surface area contributed by atoms with Gasteiger partial charge < -0.3 is 0 Å². The maximum absolute atomic E-state index is 12.7. The van der Waals surface area contributed by atoms with Crippen molar-refractivity contribution in [1.29, 1.82) is 0 Å². The quantitative estimate of drug-likeness (QED) is 0.629. The SMILES string of the molecule is CC(C)c1ccc(C(Cl)C(F)F)c(C(C)C)c1. The van der Waals surface area contributed by atoms with E-state index in [1.165, 1.54) is 0 Å². The summed E-state index contributed by atoms with van der Waals surface area (Å²) in [5.41, 5.74) is 2.65. The first-order valence-electron chi connectivity index (χ1n) is 5.90. The molecule has 0 amide bonds. The van der Waals surface area contributed by atoms with Crippen LogP contribution in [0, 0.1) is 0 Å². The molecule has 0 aliphatic heterocycles. The van der Waals surface area contributed by atoms with Crippen LogP contribution < -0.4 is 0 Å². The third kappa shape index (κ3) is 3.41. The lowest BCUT2D eigenvalue weighted by Gasteiger charge is -2.19. The minimum Gasteiger partial charge on any atom is -0.208 e. The number of benzene rings is 1. The van der Waals surface area contributed by atoms with Crippen molar-refractivity contribution in [2.45, 2.75) is 51.3 Å². The van der Waals surface area contributed by atoms with Gasteiger partial charge in [0.05, 0.1) is 0 Å². The Morgan fingerprint density at radius 1 is 0.941 bits per heavy atom. The normalized spacial score (nSPS) is 13.8. The molecule has 0 saturated carbocycles. The van der Waals surface area contributed by atoms with Gasteiger partial charge in [0, 0.05) is 0 Å². The molecular formula is C14H19ClF2. The van der Waals surface area contributed by atoms with Crippen molar-refractivity contribution < 1.29 is 8.78 Å². The predicted octanol–water partition coefficient (Wildman–Crippen LogP) is 5.48. The van der Waals surface area contributed by atoms with Crippen molar-refractivity contribution in [3.8, 4) is 0 Å². The predicted molar refractivity (Wildman–Crippen MR) is 69.2 cm³/mol. The number of alkyl halides is 3. The Labute approximate surface area is 107 Å². The van der Waals surface area contributed by atoms with E-state index in [2.05, 4.69) is 13.8 Å². The second kappa shape index (κ2) is 5.81. The van der Waals surface area contributed by atoms with Crippen LogP contribution in [0.1, 0.15) is 61.6 Å². The van der Waals surface area contributed by atoms with Gasteiger partial charge in [0.1, 0.15) is 5.38 Å². The van der Waals surface area contributed by atoms with Crippen molar-refractivity contribution in [2.24, 2.45) is 0 Å². The zero-order valence-electron chi connectivity index (χ0n) is 10.7. The fourth-order valence-electron chi connectivity index (χ4n) is 1.84. The Morgan fingerprint density at radius 3 is 1.94 bits per heavy atom. The maximum atomic E-state index is 12.7. The highest BCUT2D eigenvalue weighted by molar-refractivity contribution is 6.21. The first kappa shape index (κ1) is 14.4. The average Bonchev–Trinajstić information content (AvgIpc) is 2.26. The zero-order valence-corrected chi connectivity index (χ0v) is 11.4. The molecule has 0 heterocycles. The van der Waals surface area contributed by atoms with Crippen molar-refractivity contribution >= 4 is 11.6 Å². The third-order valence-electron chi connectivity index (χ3n) is 2.92. The molecule has 17 heavy (non-hydrogen) atoms. The van der Waals surface area contributed by atoms with E-state index in [0.29, 0.717) is 11.5 Å². The smallest absolute Gasteiger partial charge is 0.208 e. The van der Waals surface area contributed by atoms with E-state index >= 15 is 0 Å². The summed E-state index contributed by atoms with van der Waals surface area (Å²) >= 11 is 5.77. The van der Waals surface area contributed by atoms with E-state index in [1.54, 1.807) is 6.07 Å². The zero-order chi connectivity index (χ0) is 13.2. The Balaban J connectivity index is 3.22. The molecule has 0 bridgehead atoms. The molecule has 1 aromatic carbocycles. The van der Waals surface area contributed by atoms with E-state index in [-0.39, 0.29) is 5.92 Å². The highest BCUT2D eigenvalue weighted by Crippen LogP contribution is 2.35. The first-order chi connectivity index (χ1) is 7.84. The van der Waals surface area contributed by atoms with E-state index in [4.69, 9.17) is 11.6 Å². The minimum absolute atomic E-state index is 0.198. The third-order valence-corrected chi connectivity index (χ3v) is 3.34. The van der Waals surface area contributed by atoms with Gasteiger partial charge in [-0.15, -0.1) is 11.6 Å². The summed E-state index contributed by atoms with van der Waals surface area (Å²) in [6.45, 7) is 8.17. The summed E-state index contributed by atoms with van der Waals surface area (Å²) in [7, 11) is 0. The van der Waals surface area contributed by atoms with Crippen LogP contribution >= 0.6 is 11.6 Å². The van der Waals surface area contributed by atoms with Crippen LogP contribution in [0.3, 0.4) is 0 Å². The van der Waals surface area contributed by atoms with Crippen LogP contribution in [-0.2, 0) is 0 Å². The van der Waals surface area contributed by atoms with Gasteiger partial charge in [0.2, 0.25) is 0 Å². The van der Waals surface area contributed by atoms with Crippen LogP contribution in [0.25, 0.3) is 0 Å². The van der Waals surface area contributed by atoms with Gasteiger partial charge in [-0.3, -0.25) is 0 Å². The summed E-state index contributed by atoms with van der Waals surface area (Å²) in [4.78, 5) is 0. The summed E-state index contributed by atoms with van der Waals surface area (Å²) in [6.07, 6.45) is -2.53. The van der Waals surface area contributed by atoms with Crippen LogP contribution in [0.4, 0.5) is 8.78 Å². The van der Waals surface area contributed by atoms with Crippen LogP contribution in [0.5, 0.6) is 0 Å². The Kier molecular flexibility index (Phi) is 4.93. The van der Waals surface area contributed by atoms with Crippen molar-refractivity contribution in [3.63, 3.8) is 0 Å².